The van der Waals surface area contributed by atoms with Crippen molar-refractivity contribution in [1.29, 1.82) is 0 Å². The van der Waals surface area contributed by atoms with Gasteiger partial charge in [-0.3, -0.25) is 0 Å². The topological polar surface area (TPSA) is 58.9 Å². The largest absolute Gasteiger partial charge is 0.367 e. The molecule has 0 radical (unpaired) electrons. The van der Waals surface area contributed by atoms with Crippen LogP contribution in [0.15, 0.2) is 36.7 Å². The van der Waals surface area contributed by atoms with Crippen molar-refractivity contribution in [3.63, 3.8) is 0 Å². The molecule has 1 aliphatic heterocycles. The summed E-state index contributed by atoms with van der Waals surface area (Å²) in [5.41, 5.74) is 3.65. The fourth-order valence-corrected chi connectivity index (χ4v) is 3.93. The van der Waals surface area contributed by atoms with E-state index in [1.54, 1.807) is 6.20 Å². The molecule has 1 unspecified atom stereocenters. The van der Waals surface area contributed by atoms with Gasteiger partial charge in [0.25, 0.3) is 0 Å². The quantitative estimate of drug-likeness (QED) is 0.641. The third kappa shape index (κ3) is 4.36. The van der Waals surface area contributed by atoms with Crippen molar-refractivity contribution in [2.45, 2.75) is 32.6 Å². The fraction of sp³-hybridized carbons (Fsp3) is 0.435. The Morgan fingerprint density at radius 3 is 2.50 bits per heavy atom. The smallest absolute Gasteiger partial charge is 0.160 e. The summed E-state index contributed by atoms with van der Waals surface area (Å²) < 4.78 is 15.4. The first kappa shape index (κ1) is 20.5. The monoisotopic (exact) mass is 408 g/mol. The molecule has 0 bridgehead atoms. The zero-order valence-corrected chi connectivity index (χ0v) is 17.9. The molecule has 3 aromatic rings. The van der Waals surface area contributed by atoms with Gasteiger partial charge < -0.3 is 14.8 Å². The van der Waals surface area contributed by atoms with Crippen LogP contribution in [0.2, 0.25) is 0 Å². The molecule has 1 saturated heterocycles. The van der Waals surface area contributed by atoms with Gasteiger partial charge >= 0.3 is 0 Å². The molecule has 1 atom stereocenters. The van der Waals surface area contributed by atoms with E-state index >= 15 is 0 Å². The van der Waals surface area contributed by atoms with E-state index in [2.05, 4.69) is 22.1 Å². The zero-order chi connectivity index (χ0) is 21.1. The number of likely N-dealkylation sites (tertiary alicyclic amines) is 1. The summed E-state index contributed by atoms with van der Waals surface area (Å²) in [5, 5.41) is 3.48. The Balaban J connectivity index is 1.63. The van der Waals surface area contributed by atoms with Crippen LogP contribution in [0.3, 0.4) is 0 Å². The third-order valence-corrected chi connectivity index (χ3v) is 5.95. The number of aromatic nitrogens is 4. The lowest BCUT2D eigenvalue weighted by Crippen LogP contribution is -2.26. The first-order valence-corrected chi connectivity index (χ1v) is 10.6. The van der Waals surface area contributed by atoms with Gasteiger partial charge in [-0.15, -0.1) is 0 Å². The van der Waals surface area contributed by atoms with Crippen LogP contribution < -0.4 is 5.32 Å². The van der Waals surface area contributed by atoms with Gasteiger partial charge in [0.15, 0.2) is 5.82 Å². The number of nitrogens with zero attached hydrogens (tertiary/aromatic N) is 5. The number of benzene rings is 1. The number of aryl methyl sites for hydroxylation is 1. The molecular formula is C23H29FN6. The van der Waals surface area contributed by atoms with Gasteiger partial charge in [-0.25, -0.2) is 19.3 Å². The van der Waals surface area contributed by atoms with Crippen LogP contribution in [0.1, 0.15) is 42.6 Å². The van der Waals surface area contributed by atoms with Crippen molar-refractivity contribution in [2.75, 3.05) is 31.5 Å². The first-order valence-electron chi connectivity index (χ1n) is 10.6. The minimum absolute atomic E-state index is 0.0336. The van der Waals surface area contributed by atoms with Crippen LogP contribution in [0, 0.1) is 12.7 Å². The third-order valence-electron chi connectivity index (χ3n) is 5.95. The van der Waals surface area contributed by atoms with E-state index in [9.17, 15) is 4.39 Å². The first-order chi connectivity index (χ1) is 14.5. The van der Waals surface area contributed by atoms with Gasteiger partial charge in [0, 0.05) is 37.9 Å². The summed E-state index contributed by atoms with van der Waals surface area (Å²) in [4.78, 5) is 16.6. The van der Waals surface area contributed by atoms with Gasteiger partial charge in [-0.05, 0) is 50.6 Å². The van der Waals surface area contributed by atoms with E-state index in [-0.39, 0.29) is 11.7 Å². The van der Waals surface area contributed by atoms with Crippen LogP contribution in [0.5, 0.6) is 0 Å². The second-order valence-electron chi connectivity index (χ2n) is 8.02. The van der Waals surface area contributed by atoms with E-state index in [1.165, 1.54) is 38.1 Å². The van der Waals surface area contributed by atoms with Crippen molar-refractivity contribution < 1.29 is 4.39 Å². The molecule has 1 aliphatic rings. The number of hydrogen-bond donors (Lipinski definition) is 1. The molecule has 2 aromatic heterocycles. The highest BCUT2D eigenvalue weighted by Gasteiger charge is 2.19. The molecule has 158 valence electrons. The number of halogens is 1. The molecule has 6 nitrogen and oxygen atoms in total. The standard InChI is InChI=1S/C23H29FN6/c1-16-14-27-23(29(16)3)20-15-26-22(25-10-13-30-11-4-5-12-30)21(28-20)17(2)18-6-8-19(24)9-7-18/h6-9,14-15,17H,4-5,10-13H2,1-3H3,(H,25,26). The summed E-state index contributed by atoms with van der Waals surface area (Å²) in [6.45, 7) is 8.24. The van der Waals surface area contributed by atoms with E-state index in [0.29, 0.717) is 0 Å². The lowest BCUT2D eigenvalue weighted by atomic mass is 9.97. The summed E-state index contributed by atoms with van der Waals surface area (Å²) in [7, 11) is 1.98. The Hall–Kier alpha value is -2.80. The Labute approximate surface area is 177 Å². The van der Waals surface area contributed by atoms with E-state index in [0.717, 1.165) is 47.4 Å². The molecule has 0 aliphatic carbocycles. The Kier molecular flexibility index (Phi) is 6.08. The molecule has 1 aromatic carbocycles. The van der Waals surface area contributed by atoms with Gasteiger partial charge in [-0.2, -0.15) is 0 Å². The lowest BCUT2D eigenvalue weighted by molar-refractivity contribution is 0.352. The van der Waals surface area contributed by atoms with Crippen molar-refractivity contribution >= 4 is 5.82 Å². The van der Waals surface area contributed by atoms with Gasteiger partial charge in [-0.1, -0.05) is 19.1 Å². The summed E-state index contributed by atoms with van der Waals surface area (Å²) in [6.07, 6.45) is 6.18. The minimum Gasteiger partial charge on any atom is -0.367 e. The second-order valence-corrected chi connectivity index (χ2v) is 8.02. The van der Waals surface area contributed by atoms with Crippen LogP contribution >= 0.6 is 0 Å². The maximum atomic E-state index is 13.4. The molecule has 7 heteroatoms. The number of nitrogens with one attached hydrogen (secondary N) is 1. The highest BCUT2D eigenvalue weighted by atomic mass is 19.1. The van der Waals surface area contributed by atoms with Crippen LogP contribution in [0.4, 0.5) is 10.2 Å². The highest BCUT2D eigenvalue weighted by Crippen LogP contribution is 2.29. The van der Waals surface area contributed by atoms with Crippen molar-refractivity contribution in [2.24, 2.45) is 7.05 Å². The molecule has 3 heterocycles. The summed E-state index contributed by atoms with van der Waals surface area (Å²) in [5.74, 6) is 1.30. The second kappa shape index (κ2) is 8.92. The zero-order valence-electron chi connectivity index (χ0n) is 17.9. The molecule has 0 spiro atoms. The predicted molar refractivity (Wildman–Crippen MR) is 117 cm³/mol. The maximum absolute atomic E-state index is 13.4. The average molecular weight is 409 g/mol. The molecule has 0 saturated carbocycles. The van der Waals surface area contributed by atoms with Crippen LogP contribution in [0.25, 0.3) is 11.5 Å². The summed E-state index contributed by atoms with van der Waals surface area (Å²) >= 11 is 0. The number of hydrogen-bond acceptors (Lipinski definition) is 5. The molecular weight excluding hydrogens is 379 g/mol. The predicted octanol–water partition coefficient (Wildman–Crippen LogP) is 3.98. The van der Waals surface area contributed by atoms with Crippen molar-refractivity contribution in [1.82, 2.24) is 24.4 Å². The maximum Gasteiger partial charge on any atom is 0.160 e. The average Bonchev–Trinajstić information content (AvgIpc) is 3.39. The summed E-state index contributed by atoms with van der Waals surface area (Å²) in [6, 6.07) is 6.61. The Morgan fingerprint density at radius 1 is 1.10 bits per heavy atom. The number of rotatable bonds is 7. The minimum atomic E-state index is -0.238. The number of imidazole rings is 1. The number of anilines is 1. The van der Waals surface area contributed by atoms with E-state index in [1.807, 2.05) is 36.9 Å². The molecule has 1 fully saturated rings. The lowest BCUT2D eigenvalue weighted by Gasteiger charge is -2.19. The SMILES string of the molecule is Cc1cnc(-c2cnc(NCCN3CCCC3)c(C(C)c3ccc(F)cc3)n2)n1C. The van der Waals surface area contributed by atoms with Gasteiger partial charge in [0.2, 0.25) is 0 Å². The van der Waals surface area contributed by atoms with Crippen molar-refractivity contribution in [3.8, 4) is 11.5 Å². The van der Waals surface area contributed by atoms with Crippen molar-refractivity contribution in [3.05, 3.63) is 59.4 Å². The highest BCUT2D eigenvalue weighted by molar-refractivity contribution is 5.55. The van der Waals surface area contributed by atoms with Gasteiger partial charge in [0.05, 0.1) is 11.9 Å². The Morgan fingerprint density at radius 2 is 1.83 bits per heavy atom. The normalized spacial score (nSPS) is 15.5. The van der Waals surface area contributed by atoms with Crippen LogP contribution in [-0.2, 0) is 7.05 Å². The van der Waals surface area contributed by atoms with E-state index < -0.39 is 0 Å². The molecule has 4 rings (SSSR count). The van der Waals surface area contributed by atoms with E-state index in [4.69, 9.17) is 9.97 Å². The van der Waals surface area contributed by atoms with Crippen LogP contribution in [-0.4, -0.2) is 50.6 Å². The molecule has 1 N–H and O–H groups in total. The Bertz CT molecular complexity index is 991. The fourth-order valence-electron chi connectivity index (χ4n) is 3.93. The van der Waals surface area contributed by atoms with Gasteiger partial charge in [0.1, 0.15) is 17.3 Å². The molecule has 0 amide bonds. The molecule has 30 heavy (non-hydrogen) atoms.